The predicted octanol–water partition coefficient (Wildman–Crippen LogP) is -0.717. The lowest BCUT2D eigenvalue weighted by atomic mass is 10.2. The fourth-order valence-corrected chi connectivity index (χ4v) is 1.11. The zero-order valence-electron chi connectivity index (χ0n) is 7.49. The topological polar surface area (TPSA) is 92.7 Å². The van der Waals surface area contributed by atoms with Crippen molar-refractivity contribution in [2.75, 3.05) is 6.61 Å². The third-order valence-electron chi connectivity index (χ3n) is 1.84. The van der Waals surface area contributed by atoms with E-state index >= 15 is 0 Å². The van der Waals surface area contributed by atoms with E-state index in [-0.39, 0.29) is 12.8 Å². The lowest BCUT2D eigenvalue weighted by Crippen LogP contribution is -2.37. The Balaban J connectivity index is 2.26. The summed E-state index contributed by atoms with van der Waals surface area (Å²) in [5.74, 6) is -1.92. The summed E-state index contributed by atoms with van der Waals surface area (Å²) < 4.78 is 4.62. The first-order valence-corrected chi connectivity index (χ1v) is 4.27. The number of carboxylic acids is 1. The van der Waals surface area contributed by atoms with Crippen LogP contribution in [-0.4, -0.2) is 35.6 Å². The van der Waals surface area contributed by atoms with Gasteiger partial charge >= 0.3 is 11.9 Å². The quantitative estimate of drug-likeness (QED) is 0.586. The maximum atomic E-state index is 11.1. The molecule has 2 N–H and O–H groups in total. The molecule has 1 atom stereocenters. The molecule has 1 fully saturated rings. The molecule has 1 saturated heterocycles. The van der Waals surface area contributed by atoms with Crippen LogP contribution in [0, 0.1) is 0 Å². The molecule has 14 heavy (non-hydrogen) atoms. The monoisotopic (exact) mass is 201 g/mol. The number of esters is 1. The van der Waals surface area contributed by atoms with Crippen LogP contribution in [0.2, 0.25) is 0 Å². The second kappa shape index (κ2) is 4.59. The average molecular weight is 201 g/mol. The van der Waals surface area contributed by atoms with E-state index in [0.717, 1.165) is 0 Å². The molecule has 0 bridgehead atoms. The summed E-state index contributed by atoms with van der Waals surface area (Å²) in [6.07, 6.45) is 0.115. The first-order valence-electron chi connectivity index (χ1n) is 4.27. The first-order chi connectivity index (χ1) is 6.59. The third-order valence-corrected chi connectivity index (χ3v) is 1.84. The van der Waals surface area contributed by atoms with Gasteiger partial charge in [-0.15, -0.1) is 0 Å². The Labute approximate surface area is 80.2 Å². The minimum atomic E-state index is -1.03. The molecule has 0 aromatic carbocycles. The summed E-state index contributed by atoms with van der Waals surface area (Å²) in [6.45, 7) is 0.308. The maximum absolute atomic E-state index is 11.1. The molecule has 0 radical (unpaired) electrons. The zero-order chi connectivity index (χ0) is 10.6. The van der Waals surface area contributed by atoms with Crippen LogP contribution in [0.3, 0.4) is 0 Å². The summed E-state index contributed by atoms with van der Waals surface area (Å²) in [4.78, 5) is 32.1. The van der Waals surface area contributed by atoms with Gasteiger partial charge in [-0.2, -0.15) is 0 Å². The van der Waals surface area contributed by atoms with Crippen molar-refractivity contribution in [1.82, 2.24) is 5.32 Å². The molecule has 6 nitrogen and oxygen atoms in total. The van der Waals surface area contributed by atoms with Gasteiger partial charge < -0.3 is 15.2 Å². The normalized spacial score (nSPS) is 20.3. The van der Waals surface area contributed by atoms with Crippen molar-refractivity contribution in [1.29, 1.82) is 0 Å². The second-order valence-corrected chi connectivity index (χ2v) is 2.97. The van der Waals surface area contributed by atoms with Gasteiger partial charge in [0, 0.05) is 12.8 Å². The van der Waals surface area contributed by atoms with Gasteiger partial charge in [-0.25, -0.2) is 4.79 Å². The van der Waals surface area contributed by atoms with E-state index in [1.807, 2.05) is 0 Å². The van der Waals surface area contributed by atoms with Gasteiger partial charge in [-0.05, 0) is 0 Å². The number of ether oxygens (including phenoxy) is 1. The Kier molecular flexibility index (Phi) is 3.44. The van der Waals surface area contributed by atoms with Gasteiger partial charge in [-0.1, -0.05) is 0 Å². The summed E-state index contributed by atoms with van der Waals surface area (Å²) in [7, 11) is 0. The number of carbonyl (C=O) groups excluding carboxylic acids is 2. The highest BCUT2D eigenvalue weighted by atomic mass is 16.5. The van der Waals surface area contributed by atoms with E-state index in [2.05, 4.69) is 10.1 Å². The molecule has 1 unspecified atom stereocenters. The van der Waals surface area contributed by atoms with Gasteiger partial charge in [0.25, 0.3) is 0 Å². The van der Waals surface area contributed by atoms with Crippen LogP contribution in [0.1, 0.15) is 19.3 Å². The number of hydrogen-bond acceptors (Lipinski definition) is 4. The molecule has 1 amide bonds. The Morgan fingerprint density at radius 2 is 2.21 bits per heavy atom. The second-order valence-electron chi connectivity index (χ2n) is 2.97. The number of amides is 1. The fraction of sp³-hybridized carbons (Fsp3) is 0.625. The van der Waals surface area contributed by atoms with Crippen LogP contribution < -0.4 is 5.32 Å². The third kappa shape index (κ3) is 3.04. The highest BCUT2D eigenvalue weighted by molar-refractivity contribution is 5.86. The lowest BCUT2D eigenvalue weighted by molar-refractivity contribution is -0.141. The highest BCUT2D eigenvalue weighted by Gasteiger charge is 2.27. The fourth-order valence-electron chi connectivity index (χ4n) is 1.11. The molecule has 1 heterocycles. The molecule has 0 aromatic rings. The number of carbonyl (C=O) groups is 3. The van der Waals surface area contributed by atoms with Crippen LogP contribution in [0.25, 0.3) is 0 Å². The van der Waals surface area contributed by atoms with Crippen molar-refractivity contribution >= 4 is 17.8 Å². The van der Waals surface area contributed by atoms with Crippen LogP contribution in [0.15, 0.2) is 0 Å². The summed E-state index contributed by atoms with van der Waals surface area (Å²) in [6, 6.07) is -0.601. The number of aliphatic carboxylic acids is 1. The Hall–Kier alpha value is -1.59. The van der Waals surface area contributed by atoms with E-state index in [1.54, 1.807) is 0 Å². The molecule has 78 valence electrons. The van der Waals surface area contributed by atoms with E-state index in [0.29, 0.717) is 13.0 Å². The van der Waals surface area contributed by atoms with Gasteiger partial charge in [0.05, 0.1) is 13.0 Å². The van der Waals surface area contributed by atoms with E-state index < -0.39 is 23.9 Å². The Morgan fingerprint density at radius 3 is 2.71 bits per heavy atom. The van der Waals surface area contributed by atoms with Gasteiger partial charge in [0.15, 0.2) is 0 Å². The minimum absolute atomic E-state index is 0.112. The summed E-state index contributed by atoms with van der Waals surface area (Å²) in [5, 5.41) is 10.7. The van der Waals surface area contributed by atoms with Gasteiger partial charge in [-0.3, -0.25) is 9.59 Å². The predicted molar refractivity (Wildman–Crippen MR) is 44.4 cm³/mol. The van der Waals surface area contributed by atoms with E-state index in [4.69, 9.17) is 5.11 Å². The number of carboxylic acid groups (broad SMARTS) is 1. The van der Waals surface area contributed by atoms with Crippen molar-refractivity contribution in [3.8, 4) is 0 Å². The van der Waals surface area contributed by atoms with Crippen LogP contribution in [0.4, 0.5) is 0 Å². The van der Waals surface area contributed by atoms with Gasteiger partial charge in [0.2, 0.25) is 5.91 Å². The summed E-state index contributed by atoms with van der Waals surface area (Å²) in [5.41, 5.74) is 0. The molecule has 0 aromatic heterocycles. The van der Waals surface area contributed by atoms with E-state index in [1.165, 1.54) is 0 Å². The maximum Gasteiger partial charge on any atom is 0.328 e. The molecule has 1 rings (SSSR count). The van der Waals surface area contributed by atoms with E-state index in [9.17, 15) is 14.4 Å². The smallest absolute Gasteiger partial charge is 0.328 e. The molecule has 1 aliphatic rings. The largest absolute Gasteiger partial charge is 0.481 e. The number of hydrogen-bond donors (Lipinski definition) is 2. The van der Waals surface area contributed by atoms with Crippen molar-refractivity contribution < 1.29 is 24.2 Å². The molecule has 6 heteroatoms. The van der Waals surface area contributed by atoms with Crippen molar-refractivity contribution in [3.63, 3.8) is 0 Å². The van der Waals surface area contributed by atoms with Crippen LogP contribution in [0.5, 0.6) is 0 Å². The molecular formula is C8H11NO5. The zero-order valence-corrected chi connectivity index (χ0v) is 7.49. The summed E-state index contributed by atoms with van der Waals surface area (Å²) >= 11 is 0. The Bertz CT molecular complexity index is 262. The molecular weight excluding hydrogens is 190 g/mol. The minimum Gasteiger partial charge on any atom is -0.481 e. The van der Waals surface area contributed by atoms with Crippen molar-refractivity contribution in [2.45, 2.75) is 25.3 Å². The average Bonchev–Trinajstić information content (AvgIpc) is 2.49. The molecule has 0 spiro atoms. The van der Waals surface area contributed by atoms with Gasteiger partial charge in [0.1, 0.15) is 6.04 Å². The number of nitrogens with one attached hydrogen (secondary N) is 1. The molecule has 1 aliphatic heterocycles. The number of rotatable bonds is 4. The van der Waals surface area contributed by atoms with Crippen LogP contribution in [-0.2, 0) is 19.1 Å². The first kappa shape index (κ1) is 10.5. The molecule has 0 aliphatic carbocycles. The lowest BCUT2D eigenvalue weighted by Gasteiger charge is -2.07. The SMILES string of the molecule is O=C(O)CCC(=O)NC1CCOC1=O. The number of cyclic esters (lactones) is 1. The standard InChI is InChI=1S/C8H11NO5/c10-6(1-2-7(11)12)9-5-3-4-14-8(5)13/h5H,1-4H2,(H,9,10)(H,11,12). The van der Waals surface area contributed by atoms with Crippen molar-refractivity contribution in [3.05, 3.63) is 0 Å². The highest BCUT2D eigenvalue weighted by Crippen LogP contribution is 2.05. The van der Waals surface area contributed by atoms with Crippen LogP contribution >= 0.6 is 0 Å². The van der Waals surface area contributed by atoms with Crippen molar-refractivity contribution in [2.24, 2.45) is 0 Å². The Morgan fingerprint density at radius 1 is 1.50 bits per heavy atom. The molecule has 0 saturated carbocycles.